The molecule has 0 bridgehead atoms. The molecule has 1 N–H and O–H groups in total. The Balaban J connectivity index is 1.68. The van der Waals surface area contributed by atoms with E-state index < -0.39 is 0 Å². The van der Waals surface area contributed by atoms with Gasteiger partial charge in [-0.25, -0.2) is 9.98 Å². The van der Waals surface area contributed by atoms with Crippen molar-refractivity contribution in [3.63, 3.8) is 0 Å². The molecule has 26 heavy (non-hydrogen) atoms. The van der Waals surface area contributed by atoms with Crippen LogP contribution in [0.4, 0.5) is 5.69 Å². The fourth-order valence-electron chi connectivity index (χ4n) is 3.24. The monoisotopic (exact) mass is 355 g/mol. The highest BCUT2D eigenvalue weighted by molar-refractivity contribution is 8.00. The quantitative estimate of drug-likeness (QED) is 0.491. The molecule has 0 fully saturated rings. The maximum absolute atomic E-state index is 5.01. The maximum Gasteiger partial charge on any atom is 0.126 e. The van der Waals surface area contributed by atoms with Crippen LogP contribution in [-0.2, 0) is 0 Å². The lowest BCUT2D eigenvalue weighted by molar-refractivity contribution is 1.06. The van der Waals surface area contributed by atoms with Crippen LogP contribution in [-0.4, -0.2) is 15.7 Å². The molecule has 1 aliphatic heterocycles. The average molecular weight is 355 g/mol. The number of H-pyrrole nitrogens is 1. The Hall–Kier alpha value is -2.85. The number of imidazole rings is 1. The van der Waals surface area contributed by atoms with Crippen LogP contribution in [0, 0.1) is 6.92 Å². The first-order chi connectivity index (χ1) is 12.8. The summed E-state index contributed by atoms with van der Waals surface area (Å²) in [6, 6.07) is 25.0. The number of aryl methyl sites for hydroxylation is 1. The van der Waals surface area contributed by atoms with Crippen molar-refractivity contribution >= 4 is 34.2 Å². The summed E-state index contributed by atoms with van der Waals surface area (Å²) in [6.07, 6.45) is 0. The number of aromatic amines is 1. The molecule has 3 nitrogen and oxygen atoms in total. The number of hydrogen-bond acceptors (Lipinski definition) is 3. The summed E-state index contributed by atoms with van der Waals surface area (Å²) >= 11 is 1.81. The predicted molar refractivity (Wildman–Crippen MR) is 109 cm³/mol. The number of aromatic nitrogens is 2. The van der Waals surface area contributed by atoms with Gasteiger partial charge in [-0.3, -0.25) is 0 Å². The lowest BCUT2D eigenvalue weighted by Gasteiger charge is -2.23. The van der Waals surface area contributed by atoms with Gasteiger partial charge in [0.25, 0.3) is 0 Å². The Morgan fingerprint density at radius 1 is 0.885 bits per heavy atom. The van der Waals surface area contributed by atoms with E-state index >= 15 is 0 Å². The Bertz CT molecular complexity index is 1090. The number of para-hydroxylation sites is 3. The van der Waals surface area contributed by atoms with E-state index in [1.807, 2.05) is 36.0 Å². The van der Waals surface area contributed by atoms with Gasteiger partial charge >= 0.3 is 0 Å². The molecule has 4 heteroatoms. The van der Waals surface area contributed by atoms with E-state index in [2.05, 4.69) is 60.4 Å². The lowest BCUT2D eigenvalue weighted by atomic mass is 10.0. The van der Waals surface area contributed by atoms with Gasteiger partial charge in [0.2, 0.25) is 0 Å². The van der Waals surface area contributed by atoms with E-state index in [9.17, 15) is 0 Å². The Morgan fingerprint density at radius 2 is 1.65 bits per heavy atom. The molecule has 0 radical (unpaired) electrons. The second-order valence-corrected chi connectivity index (χ2v) is 7.61. The fraction of sp³-hybridized carbons (Fsp3) is 0.0909. The van der Waals surface area contributed by atoms with Crippen molar-refractivity contribution in [2.45, 2.75) is 17.1 Å². The molecular weight excluding hydrogens is 338 g/mol. The molecule has 1 aromatic heterocycles. The van der Waals surface area contributed by atoms with Crippen molar-refractivity contribution < 1.29 is 0 Å². The van der Waals surface area contributed by atoms with Crippen LogP contribution < -0.4 is 0 Å². The molecule has 0 unspecified atom stereocenters. The van der Waals surface area contributed by atoms with Gasteiger partial charge < -0.3 is 4.98 Å². The van der Waals surface area contributed by atoms with Crippen LogP contribution in [0.5, 0.6) is 0 Å². The van der Waals surface area contributed by atoms with E-state index in [-0.39, 0.29) is 5.25 Å². The minimum absolute atomic E-state index is 0.0417. The Labute approximate surface area is 156 Å². The molecule has 0 amide bonds. The highest BCUT2D eigenvalue weighted by Gasteiger charge is 2.29. The second kappa shape index (κ2) is 6.15. The zero-order chi connectivity index (χ0) is 17.5. The number of thioether (sulfide) groups is 1. The summed E-state index contributed by atoms with van der Waals surface area (Å²) in [5, 5.41) is 0.0417. The first kappa shape index (κ1) is 15.4. The molecular formula is C22H17N3S. The smallest absolute Gasteiger partial charge is 0.126 e. The molecule has 3 aromatic carbocycles. The van der Waals surface area contributed by atoms with Gasteiger partial charge in [0.1, 0.15) is 11.1 Å². The number of aliphatic imine (C=N–C) groups is 1. The summed E-state index contributed by atoms with van der Waals surface area (Å²) in [6.45, 7) is 2.10. The van der Waals surface area contributed by atoms with Crippen molar-refractivity contribution in [3.8, 4) is 0 Å². The van der Waals surface area contributed by atoms with Crippen LogP contribution in [0.2, 0.25) is 0 Å². The largest absolute Gasteiger partial charge is 0.341 e. The Kier molecular flexibility index (Phi) is 3.64. The highest BCUT2D eigenvalue weighted by atomic mass is 32.2. The van der Waals surface area contributed by atoms with Crippen LogP contribution >= 0.6 is 11.8 Å². The first-order valence-electron chi connectivity index (χ1n) is 8.64. The number of benzene rings is 3. The number of rotatable bonds is 2. The minimum atomic E-state index is 0.0417. The summed E-state index contributed by atoms with van der Waals surface area (Å²) in [4.78, 5) is 14.5. The molecule has 4 aromatic rings. The molecule has 1 atom stereocenters. The van der Waals surface area contributed by atoms with Crippen LogP contribution in [0.1, 0.15) is 22.2 Å². The van der Waals surface area contributed by atoms with Gasteiger partial charge in [0.15, 0.2) is 0 Å². The van der Waals surface area contributed by atoms with Gasteiger partial charge in [-0.05, 0) is 36.8 Å². The van der Waals surface area contributed by atoms with Crippen LogP contribution in [0.25, 0.3) is 11.0 Å². The molecule has 2 heterocycles. The second-order valence-electron chi connectivity index (χ2n) is 6.47. The van der Waals surface area contributed by atoms with Crippen LogP contribution in [0.15, 0.2) is 82.7 Å². The van der Waals surface area contributed by atoms with E-state index in [1.54, 1.807) is 0 Å². The minimum Gasteiger partial charge on any atom is -0.341 e. The molecule has 1 aliphatic rings. The Morgan fingerprint density at radius 3 is 2.50 bits per heavy atom. The highest BCUT2D eigenvalue weighted by Crippen LogP contribution is 2.46. The van der Waals surface area contributed by atoms with Gasteiger partial charge in [-0.15, -0.1) is 11.8 Å². The lowest BCUT2D eigenvalue weighted by Crippen LogP contribution is -2.15. The van der Waals surface area contributed by atoms with Crippen LogP contribution in [0.3, 0.4) is 0 Å². The zero-order valence-electron chi connectivity index (χ0n) is 14.3. The summed E-state index contributed by atoms with van der Waals surface area (Å²) in [7, 11) is 0. The molecule has 0 spiro atoms. The third kappa shape index (κ3) is 2.63. The third-order valence-electron chi connectivity index (χ3n) is 4.60. The molecule has 126 valence electrons. The summed E-state index contributed by atoms with van der Waals surface area (Å²) in [5.41, 5.74) is 6.52. The van der Waals surface area contributed by atoms with Gasteiger partial charge in [-0.1, -0.05) is 54.1 Å². The van der Waals surface area contributed by atoms with E-state index in [0.717, 1.165) is 33.8 Å². The summed E-state index contributed by atoms with van der Waals surface area (Å²) < 4.78 is 0. The van der Waals surface area contributed by atoms with E-state index in [1.165, 1.54) is 10.5 Å². The fourth-order valence-corrected chi connectivity index (χ4v) is 4.41. The number of nitrogens with zero attached hydrogens (tertiary/aromatic N) is 2. The maximum atomic E-state index is 5.01. The average Bonchev–Trinajstić information content (AvgIpc) is 3.12. The topological polar surface area (TPSA) is 41.0 Å². The molecule has 0 saturated carbocycles. The molecule has 5 rings (SSSR count). The molecule has 0 saturated heterocycles. The van der Waals surface area contributed by atoms with Gasteiger partial charge in [0, 0.05) is 4.90 Å². The molecule has 0 aliphatic carbocycles. The van der Waals surface area contributed by atoms with Crippen molar-refractivity contribution in [3.05, 3.63) is 89.7 Å². The SMILES string of the molecule is Cc1ccc(C2=Nc3ccccc3S[C@@H]2c2nc3ccccc3[nH]2)cc1. The number of fused-ring (bicyclic) bond motifs is 2. The van der Waals surface area contributed by atoms with E-state index in [4.69, 9.17) is 9.98 Å². The van der Waals surface area contributed by atoms with E-state index in [0.29, 0.717) is 0 Å². The standard InChI is InChI=1S/C22H17N3S/c1-14-10-12-15(13-11-14)20-21(26-19-9-5-4-8-18(19)23-20)22-24-16-6-2-3-7-17(16)25-22/h2-13,21H,1H3,(H,24,25)/t21-/m0/s1. The van der Waals surface area contributed by atoms with Crippen molar-refractivity contribution in [2.75, 3.05) is 0 Å². The normalized spacial score (nSPS) is 16.3. The number of hydrogen-bond donors (Lipinski definition) is 1. The van der Waals surface area contributed by atoms with Crippen molar-refractivity contribution in [1.82, 2.24) is 9.97 Å². The van der Waals surface area contributed by atoms with Crippen molar-refractivity contribution in [2.24, 2.45) is 4.99 Å². The number of nitrogens with one attached hydrogen (secondary N) is 1. The predicted octanol–water partition coefficient (Wildman–Crippen LogP) is 5.84. The summed E-state index contributed by atoms with van der Waals surface area (Å²) in [5.74, 6) is 0.949. The zero-order valence-corrected chi connectivity index (χ0v) is 15.1. The first-order valence-corrected chi connectivity index (χ1v) is 9.52. The van der Waals surface area contributed by atoms with Crippen molar-refractivity contribution in [1.29, 1.82) is 0 Å². The third-order valence-corrected chi connectivity index (χ3v) is 5.88. The van der Waals surface area contributed by atoms with Gasteiger partial charge in [-0.2, -0.15) is 0 Å². The van der Waals surface area contributed by atoms with Gasteiger partial charge in [0.05, 0.1) is 22.4 Å².